The number of hydrogen-bond donors (Lipinski definition) is 0. The van der Waals surface area contributed by atoms with Crippen molar-refractivity contribution in [1.29, 1.82) is 0 Å². The molecule has 1 heterocycles. The Morgan fingerprint density at radius 2 is 1.81 bits per heavy atom. The lowest BCUT2D eigenvalue weighted by Gasteiger charge is -2.08. The first-order valence-corrected chi connectivity index (χ1v) is 6.78. The van der Waals surface area contributed by atoms with Crippen molar-refractivity contribution in [2.75, 3.05) is 7.11 Å². The average Bonchev–Trinajstić information content (AvgIpc) is 2.55. The number of ether oxygens (including phenoxy) is 1. The number of pyridine rings is 1. The van der Waals surface area contributed by atoms with Gasteiger partial charge in [0.15, 0.2) is 5.78 Å². The number of fused-ring (bicyclic) bond motifs is 1. The van der Waals surface area contributed by atoms with Gasteiger partial charge in [0.1, 0.15) is 5.75 Å². The number of carbonyl (C=O) groups excluding carboxylic acids is 1. The third-order valence-corrected chi connectivity index (χ3v) is 3.50. The molecule has 0 saturated carbocycles. The lowest BCUT2D eigenvalue weighted by Crippen LogP contribution is -2.06. The molecule has 0 atom stereocenters. The van der Waals surface area contributed by atoms with Crippen LogP contribution in [0.5, 0.6) is 5.75 Å². The second kappa shape index (κ2) is 5.75. The molecular weight excluding hydrogens is 262 g/mol. The Balaban J connectivity index is 1.97. The van der Waals surface area contributed by atoms with E-state index in [1.165, 1.54) is 0 Å². The number of hydrogen-bond acceptors (Lipinski definition) is 3. The molecule has 0 N–H and O–H groups in total. The summed E-state index contributed by atoms with van der Waals surface area (Å²) in [5, 5.41) is 1.02. The van der Waals surface area contributed by atoms with Gasteiger partial charge in [-0.05, 0) is 29.8 Å². The quantitative estimate of drug-likeness (QED) is 0.683. The topological polar surface area (TPSA) is 39.2 Å². The fourth-order valence-corrected chi connectivity index (χ4v) is 2.45. The highest BCUT2D eigenvalue weighted by Gasteiger charge is 2.13. The van der Waals surface area contributed by atoms with Crippen LogP contribution in [0.4, 0.5) is 0 Å². The lowest BCUT2D eigenvalue weighted by molar-refractivity contribution is 0.0990. The van der Waals surface area contributed by atoms with Crippen molar-refractivity contribution in [2.24, 2.45) is 0 Å². The van der Waals surface area contributed by atoms with E-state index in [2.05, 4.69) is 4.98 Å². The summed E-state index contributed by atoms with van der Waals surface area (Å²) >= 11 is 0. The van der Waals surface area contributed by atoms with Crippen molar-refractivity contribution in [3.05, 3.63) is 71.9 Å². The fraction of sp³-hybridized carbons (Fsp3) is 0.111. The molecule has 2 aromatic carbocycles. The summed E-state index contributed by atoms with van der Waals surface area (Å²) in [5.41, 5.74) is 2.50. The minimum absolute atomic E-state index is 0.0452. The summed E-state index contributed by atoms with van der Waals surface area (Å²) in [6, 6.07) is 17.1. The average molecular weight is 277 g/mol. The second-order valence-electron chi connectivity index (χ2n) is 4.79. The molecule has 0 amide bonds. The molecule has 3 rings (SSSR count). The zero-order valence-corrected chi connectivity index (χ0v) is 11.7. The molecule has 0 aliphatic rings. The molecule has 3 aromatic rings. The third-order valence-electron chi connectivity index (χ3n) is 3.50. The van der Waals surface area contributed by atoms with E-state index >= 15 is 0 Å². The smallest absolute Gasteiger partial charge is 0.170 e. The molecule has 0 radical (unpaired) electrons. The van der Waals surface area contributed by atoms with Crippen LogP contribution < -0.4 is 4.74 Å². The van der Waals surface area contributed by atoms with E-state index in [0.29, 0.717) is 17.7 Å². The van der Waals surface area contributed by atoms with E-state index in [1.807, 2.05) is 42.5 Å². The van der Waals surface area contributed by atoms with Crippen molar-refractivity contribution in [3.63, 3.8) is 0 Å². The number of carbonyl (C=O) groups is 1. The largest absolute Gasteiger partial charge is 0.496 e. The number of aromatic nitrogens is 1. The van der Waals surface area contributed by atoms with Crippen LogP contribution in [0, 0.1) is 0 Å². The van der Waals surface area contributed by atoms with Crippen LogP contribution in [0.25, 0.3) is 10.9 Å². The first-order valence-electron chi connectivity index (χ1n) is 6.78. The Kier molecular flexibility index (Phi) is 3.65. The van der Waals surface area contributed by atoms with Gasteiger partial charge in [0.2, 0.25) is 0 Å². The number of benzene rings is 2. The van der Waals surface area contributed by atoms with Gasteiger partial charge in [-0.3, -0.25) is 9.78 Å². The highest BCUT2D eigenvalue weighted by molar-refractivity contribution is 6.01. The van der Waals surface area contributed by atoms with Crippen LogP contribution >= 0.6 is 0 Å². The van der Waals surface area contributed by atoms with E-state index in [0.717, 1.165) is 16.5 Å². The number of para-hydroxylation sites is 2. The summed E-state index contributed by atoms with van der Waals surface area (Å²) in [6.45, 7) is 0. The van der Waals surface area contributed by atoms with Crippen molar-refractivity contribution in [3.8, 4) is 5.75 Å². The lowest BCUT2D eigenvalue weighted by atomic mass is 9.99. The van der Waals surface area contributed by atoms with Gasteiger partial charge in [-0.25, -0.2) is 0 Å². The SMILES string of the molecule is COc1ccccc1C(=O)Cc1ccnc2ccccc12. The molecule has 0 unspecified atom stereocenters. The van der Waals surface area contributed by atoms with Gasteiger partial charge in [-0.1, -0.05) is 30.3 Å². The van der Waals surface area contributed by atoms with Gasteiger partial charge < -0.3 is 4.74 Å². The number of ketones is 1. The zero-order valence-electron chi connectivity index (χ0n) is 11.7. The van der Waals surface area contributed by atoms with Crippen molar-refractivity contribution in [1.82, 2.24) is 4.98 Å². The van der Waals surface area contributed by atoms with Crippen LogP contribution in [-0.4, -0.2) is 17.9 Å². The highest BCUT2D eigenvalue weighted by atomic mass is 16.5. The van der Waals surface area contributed by atoms with E-state index in [-0.39, 0.29) is 5.78 Å². The Bertz CT molecular complexity index is 791. The molecule has 3 heteroatoms. The maximum Gasteiger partial charge on any atom is 0.170 e. The van der Waals surface area contributed by atoms with Crippen LogP contribution in [0.2, 0.25) is 0 Å². The van der Waals surface area contributed by atoms with Gasteiger partial charge in [0.05, 0.1) is 18.2 Å². The zero-order chi connectivity index (χ0) is 14.7. The number of Topliss-reactive ketones (excluding diaryl/α,β-unsaturated/α-hetero) is 1. The van der Waals surface area contributed by atoms with Gasteiger partial charge >= 0.3 is 0 Å². The summed E-state index contributed by atoms with van der Waals surface area (Å²) in [4.78, 5) is 16.9. The summed E-state index contributed by atoms with van der Waals surface area (Å²) < 4.78 is 5.26. The van der Waals surface area contributed by atoms with Crippen LogP contribution in [0.15, 0.2) is 60.8 Å². The first-order chi connectivity index (χ1) is 10.3. The standard InChI is InChI=1S/C18H15NO2/c1-21-18-9-5-3-7-15(18)17(20)12-13-10-11-19-16-8-4-2-6-14(13)16/h2-11H,12H2,1H3. The maximum absolute atomic E-state index is 12.5. The fourth-order valence-electron chi connectivity index (χ4n) is 2.45. The Morgan fingerprint density at radius 3 is 2.67 bits per heavy atom. The highest BCUT2D eigenvalue weighted by Crippen LogP contribution is 2.22. The van der Waals surface area contributed by atoms with Gasteiger partial charge in [-0.15, -0.1) is 0 Å². The number of rotatable bonds is 4. The number of nitrogens with zero attached hydrogens (tertiary/aromatic N) is 1. The summed E-state index contributed by atoms with van der Waals surface area (Å²) in [5.74, 6) is 0.657. The van der Waals surface area contributed by atoms with Crippen LogP contribution in [-0.2, 0) is 6.42 Å². The van der Waals surface area contributed by atoms with Crippen LogP contribution in [0.3, 0.4) is 0 Å². The predicted molar refractivity (Wildman–Crippen MR) is 82.8 cm³/mol. The van der Waals surface area contributed by atoms with E-state index < -0.39 is 0 Å². The molecule has 1 aromatic heterocycles. The molecule has 21 heavy (non-hydrogen) atoms. The molecule has 0 fully saturated rings. The molecule has 104 valence electrons. The van der Waals surface area contributed by atoms with Gasteiger partial charge in [-0.2, -0.15) is 0 Å². The number of methoxy groups -OCH3 is 1. The van der Waals surface area contributed by atoms with Crippen LogP contribution in [0.1, 0.15) is 15.9 Å². The van der Waals surface area contributed by atoms with Gasteiger partial charge in [0.25, 0.3) is 0 Å². The van der Waals surface area contributed by atoms with E-state index in [9.17, 15) is 4.79 Å². The molecule has 0 saturated heterocycles. The molecule has 0 aliphatic carbocycles. The van der Waals surface area contributed by atoms with Crippen molar-refractivity contribution in [2.45, 2.75) is 6.42 Å². The van der Waals surface area contributed by atoms with E-state index in [4.69, 9.17) is 4.74 Å². The molecule has 0 bridgehead atoms. The van der Waals surface area contributed by atoms with E-state index in [1.54, 1.807) is 25.4 Å². The first kappa shape index (κ1) is 13.3. The third kappa shape index (κ3) is 2.63. The Labute approximate surface area is 123 Å². The van der Waals surface area contributed by atoms with Gasteiger partial charge in [0, 0.05) is 18.0 Å². The van der Waals surface area contributed by atoms with Crippen molar-refractivity contribution >= 4 is 16.7 Å². The molecule has 0 aliphatic heterocycles. The predicted octanol–water partition coefficient (Wildman–Crippen LogP) is 3.67. The molecular formula is C18H15NO2. The second-order valence-corrected chi connectivity index (χ2v) is 4.79. The molecule has 0 spiro atoms. The normalized spacial score (nSPS) is 10.5. The Morgan fingerprint density at radius 1 is 1.05 bits per heavy atom. The minimum atomic E-state index is 0.0452. The van der Waals surface area contributed by atoms with Crippen molar-refractivity contribution < 1.29 is 9.53 Å². The Hall–Kier alpha value is -2.68. The summed E-state index contributed by atoms with van der Waals surface area (Å²) in [6.07, 6.45) is 2.08. The minimum Gasteiger partial charge on any atom is -0.496 e. The maximum atomic E-state index is 12.5. The summed E-state index contributed by atoms with van der Waals surface area (Å²) in [7, 11) is 1.58. The molecule has 3 nitrogen and oxygen atoms in total. The monoisotopic (exact) mass is 277 g/mol.